The zero-order valence-electron chi connectivity index (χ0n) is 9.56. The van der Waals surface area contributed by atoms with E-state index in [1.807, 2.05) is 20.8 Å². The molecule has 2 aliphatic rings. The first-order valence-electron chi connectivity index (χ1n) is 5.54. The van der Waals surface area contributed by atoms with Gasteiger partial charge >= 0.3 is 6.09 Å². The molecule has 0 spiro atoms. The van der Waals surface area contributed by atoms with Gasteiger partial charge < -0.3 is 9.84 Å². The predicted molar refractivity (Wildman–Crippen MR) is 55.5 cm³/mol. The van der Waals surface area contributed by atoms with Crippen LogP contribution >= 0.6 is 0 Å². The summed E-state index contributed by atoms with van der Waals surface area (Å²) in [6.07, 6.45) is 1.74. The molecule has 1 N–H and O–H groups in total. The zero-order chi connectivity index (χ0) is 11.2. The molecule has 1 saturated heterocycles. The Bertz CT molecular complexity index is 271. The number of rotatable bonds is 1. The minimum atomic E-state index is -0.454. The molecule has 1 heterocycles. The van der Waals surface area contributed by atoms with Gasteiger partial charge in [0.1, 0.15) is 5.60 Å². The van der Waals surface area contributed by atoms with E-state index in [0.29, 0.717) is 12.0 Å². The molecule has 1 aliphatic carbocycles. The molecule has 0 radical (unpaired) electrons. The average molecular weight is 213 g/mol. The smallest absolute Gasteiger partial charge is 0.410 e. The lowest BCUT2D eigenvalue weighted by molar-refractivity contribution is 0.0126. The van der Waals surface area contributed by atoms with Crippen LogP contribution < -0.4 is 0 Å². The van der Waals surface area contributed by atoms with Crippen molar-refractivity contribution in [2.24, 2.45) is 5.92 Å². The topological polar surface area (TPSA) is 49.8 Å². The van der Waals surface area contributed by atoms with Gasteiger partial charge in [0, 0.05) is 6.04 Å². The van der Waals surface area contributed by atoms with Crippen molar-refractivity contribution in [2.75, 3.05) is 6.61 Å². The number of carbonyl (C=O) groups is 1. The van der Waals surface area contributed by atoms with Crippen LogP contribution in [0.3, 0.4) is 0 Å². The average Bonchev–Trinajstić information content (AvgIpc) is 2.73. The van der Waals surface area contributed by atoms with Crippen LogP contribution in [0.4, 0.5) is 4.79 Å². The summed E-state index contributed by atoms with van der Waals surface area (Å²) in [6.45, 7) is 5.63. The maximum atomic E-state index is 11.9. The fourth-order valence-corrected chi connectivity index (χ4v) is 2.32. The van der Waals surface area contributed by atoms with Gasteiger partial charge in [-0.1, -0.05) is 0 Å². The maximum absolute atomic E-state index is 11.9. The maximum Gasteiger partial charge on any atom is 0.410 e. The third kappa shape index (κ3) is 2.09. The van der Waals surface area contributed by atoms with Crippen LogP contribution in [0.25, 0.3) is 0 Å². The van der Waals surface area contributed by atoms with E-state index in [4.69, 9.17) is 4.74 Å². The Hall–Kier alpha value is -0.770. The van der Waals surface area contributed by atoms with Crippen LogP contribution in [0.1, 0.15) is 33.6 Å². The van der Waals surface area contributed by atoms with Crippen molar-refractivity contribution in [1.29, 1.82) is 0 Å². The lowest BCUT2D eigenvalue weighted by Gasteiger charge is -2.29. The molecule has 4 nitrogen and oxygen atoms in total. The van der Waals surface area contributed by atoms with Crippen molar-refractivity contribution in [3.8, 4) is 0 Å². The number of piperidine rings is 1. The Labute approximate surface area is 90.2 Å². The van der Waals surface area contributed by atoms with Gasteiger partial charge in [0.05, 0.1) is 12.6 Å². The fourth-order valence-electron chi connectivity index (χ4n) is 2.32. The highest BCUT2D eigenvalue weighted by Gasteiger charge is 2.54. The molecule has 1 aliphatic heterocycles. The van der Waals surface area contributed by atoms with E-state index >= 15 is 0 Å². The first-order valence-corrected chi connectivity index (χ1v) is 5.54. The van der Waals surface area contributed by atoms with Gasteiger partial charge in [-0.15, -0.1) is 0 Å². The summed E-state index contributed by atoms with van der Waals surface area (Å²) in [4.78, 5) is 13.6. The largest absolute Gasteiger partial charge is 0.444 e. The van der Waals surface area contributed by atoms with Crippen LogP contribution in [0.15, 0.2) is 0 Å². The third-order valence-electron chi connectivity index (χ3n) is 3.03. The lowest BCUT2D eigenvalue weighted by Crippen LogP contribution is -2.43. The van der Waals surface area contributed by atoms with Crippen molar-refractivity contribution in [3.05, 3.63) is 0 Å². The van der Waals surface area contributed by atoms with Crippen LogP contribution in [0.2, 0.25) is 0 Å². The van der Waals surface area contributed by atoms with Crippen LogP contribution in [-0.4, -0.2) is 40.4 Å². The van der Waals surface area contributed by atoms with E-state index in [2.05, 4.69) is 0 Å². The Morgan fingerprint density at radius 2 is 2.13 bits per heavy atom. The second kappa shape index (κ2) is 3.37. The van der Waals surface area contributed by atoms with Gasteiger partial charge in [-0.05, 0) is 39.5 Å². The number of hydrogen-bond donors (Lipinski definition) is 1. The first-order chi connectivity index (χ1) is 6.92. The Morgan fingerprint density at radius 3 is 2.67 bits per heavy atom. The number of likely N-dealkylation sites (tertiary alicyclic amines) is 1. The predicted octanol–water partition coefficient (Wildman–Crippen LogP) is 1.38. The Balaban J connectivity index is 1.99. The molecule has 1 amide bonds. The molecule has 0 aromatic heterocycles. The molecule has 86 valence electrons. The number of aliphatic hydroxyl groups excluding tert-OH is 1. The van der Waals surface area contributed by atoms with E-state index in [9.17, 15) is 9.90 Å². The first kappa shape index (κ1) is 10.7. The van der Waals surface area contributed by atoms with Gasteiger partial charge in [-0.3, -0.25) is 4.90 Å². The molecular formula is C11H19NO3. The summed E-state index contributed by atoms with van der Waals surface area (Å²) in [6, 6.07) is 0.306. The number of amides is 1. The van der Waals surface area contributed by atoms with Gasteiger partial charge in [0.2, 0.25) is 0 Å². The Morgan fingerprint density at radius 1 is 1.47 bits per heavy atom. The highest BCUT2D eigenvalue weighted by atomic mass is 16.6. The number of carbonyl (C=O) groups excluding carboxylic acids is 1. The molecule has 2 rings (SSSR count). The van der Waals surface area contributed by atoms with E-state index in [-0.39, 0.29) is 18.7 Å². The molecule has 0 aromatic carbocycles. The van der Waals surface area contributed by atoms with Crippen molar-refractivity contribution in [3.63, 3.8) is 0 Å². The van der Waals surface area contributed by atoms with Gasteiger partial charge in [0.25, 0.3) is 0 Å². The summed E-state index contributed by atoms with van der Waals surface area (Å²) in [5.41, 5.74) is -0.454. The highest BCUT2D eigenvalue weighted by Crippen LogP contribution is 2.48. The van der Waals surface area contributed by atoms with Crippen LogP contribution in [0, 0.1) is 5.92 Å². The SMILES string of the molecule is CC(C)(C)OC(=O)N1C(CO)CC2C[C@H]21. The Kier molecular flexibility index (Phi) is 2.41. The normalized spacial score (nSPS) is 33.9. The van der Waals surface area contributed by atoms with E-state index in [1.165, 1.54) is 0 Å². The van der Waals surface area contributed by atoms with Crippen molar-refractivity contribution >= 4 is 6.09 Å². The summed E-state index contributed by atoms with van der Waals surface area (Å²) in [7, 11) is 0. The van der Waals surface area contributed by atoms with E-state index in [0.717, 1.165) is 12.8 Å². The molecule has 0 aromatic rings. The number of aliphatic hydroxyl groups is 1. The second-order valence-electron chi connectivity index (χ2n) is 5.52. The van der Waals surface area contributed by atoms with Gasteiger partial charge in [0.15, 0.2) is 0 Å². The second-order valence-corrected chi connectivity index (χ2v) is 5.52. The number of ether oxygens (including phenoxy) is 1. The van der Waals surface area contributed by atoms with Crippen molar-refractivity contribution in [2.45, 2.75) is 51.3 Å². The van der Waals surface area contributed by atoms with Crippen LogP contribution in [-0.2, 0) is 4.74 Å². The number of fused-ring (bicyclic) bond motifs is 1. The van der Waals surface area contributed by atoms with Crippen LogP contribution in [0.5, 0.6) is 0 Å². The monoisotopic (exact) mass is 213 g/mol. The van der Waals surface area contributed by atoms with E-state index in [1.54, 1.807) is 4.90 Å². The highest BCUT2D eigenvalue weighted by molar-refractivity contribution is 5.70. The minimum absolute atomic E-state index is 0.0244. The molecule has 2 unspecified atom stereocenters. The lowest BCUT2D eigenvalue weighted by atomic mass is 10.2. The molecule has 4 heteroatoms. The summed E-state index contributed by atoms with van der Waals surface area (Å²) in [5.74, 6) is 0.606. The molecule has 3 atom stereocenters. The number of nitrogens with zero attached hydrogens (tertiary/aromatic N) is 1. The van der Waals surface area contributed by atoms with Gasteiger partial charge in [-0.25, -0.2) is 4.79 Å². The molecule has 2 fully saturated rings. The standard InChI is InChI=1S/C11H19NO3/c1-11(2,3)15-10(14)12-8(6-13)4-7-5-9(7)12/h7-9,13H,4-6H2,1-3H3/t7?,8?,9-/m1/s1. The zero-order valence-corrected chi connectivity index (χ0v) is 9.56. The van der Waals surface area contributed by atoms with E-state index < -0.39 is 5.60 Å². The van der Waals surface area contributed by atoms with Gasteiger partial charge in [-0.2, -0.15) is 0 Å². The number of hydrogen-bond acceptors (Lipinski definition) is 3. The molecule has 15 heavy (non-hydrogen) atoms. The fraction of sp³-hybridized carbons (Fsp3) is 0.909. The molecular weight excluding hydrogens is 194 g/mol. The summed E-state index contributed by atoms with van der Waals surface area (Å²) < 4.78 is 5.33. The molecule has 1 saturated carbocycles. The summed E-state index contributed by atoms with van der Waals surface area (Å²) >= 11 is 0. The van der Waals surface area contributed by atoms with Crippen molar-refractivity contribution < 1.29 is 14.6 Å². The van der Waals surface area contributed by atoms with Crippen molar-refractivity contribution in [1.82, 2.24) is 4.90 Å². The molecule has 0 bridgehead atoms. The third-order valence-corrected chi connectivity index (χ3v) is 3.03. The summed E-state index contributed by atoms with van der Waals surface area (Å²) in [5, 5.41) is 9.17. The minimum Gasteiger partial charge on any atom is -0.444 e. The quantitative estimate of drug-likeness (QED) is 0.715.